The standard InChI is InChI=1S/C18H23NO4/c1-21-15-12-17-16(22-13-23-17)11-14(15)7-3-4-8-18(20)19-9-5-2-6-10-19/h4,8,11-12H,2-3,5-7,9-10,13H2,1H3/b8-4+. The number of aryl methyl sites for hydroxylation is 1. The van der Waals surface area contributed by atoms with Crippen LogP contribution in [0.3, 0.4) is 0 Å². The van der Waals surface area contributed by atoms with Gasteiger partial charge in [-0.25, -0.2) is 0 Å². The predicted molar refractivity (Wildman–Crippen MR) is 87.0 cm³/mol. The Morgan fingerprint density at radius 3 is 2.70 bits per heavy atom. The Balaban J connectivity index is 1.56. The van der Waals surface area contributed by atoms with E-state index in [9.17, 15) is 4.79 Å². The number of likely N-dealkylation sites (tertiary alicyclic amines) is 1. The number of nitrogens with zero attached hydrogens (tertiary/aromatic N) is 1. The highest BCUT2D eigenvalue weighted by atomic mass is 16.7. The van der Waals surface area contributed by atoms with Gasteiger partial charge in [-0.1, -0.05) is 6.08 Å². The van der Waals surface area contributed by atoms with E-state index in [1.54, 1.807) is 13.2 Å². The molecule has 5 heteroatoms. The number of ether oxygens (including phenoxy) is 3. The molecular weight excluding hydrogens is 294 g/mol. The molecule has 0 aliphatic carbocycles. The van der Waals surface area contributed by atoms with Crippen LogP contribution in [0, 0.1) is 0 Å². The monoisotopic (exact) mass is 317 g/mol. The van der Waals surface area contributed by atoms with Crippen molar-refractivity contribution in [1.82, 2.24) is 4.90 Å². The number of methoxy groups -OCH3 is 1. The molecule has 0 N–H and O–H groups in total. The first-order chi connectivity index (χ1) is 11.3. The van der Waals surface area contributed by atoms with Gasteiger partial charge in [0.2, 0.25) is 12.7 Å². The van der Waals surface area contributed by atoms with Crippen LogP contribution in [0.4, 0.5) is 0 Å². The van der Waals surface area contributed by atoms with Crippen molar-refractivity contribution in [3.8, 4) is 17.2 Å². The second-order valence-corrected chi connectivity index (χ2v) is 5.84. The maximum atomic E-state index is 12.1. The molecule has 1 amide bonds. The minimum Gasteiger partial charge on any atom is -0.496 e. The van der Waals surface area contributed by atoms with E-state index < -0.39 is 0 Å². The van der Waals surface area contributed by atoms with E-state index in [0.717, 1.165) is 61.6 Å². The first kappa shape index (κ1) is 15.7. The second-order valence-electron chi connectivity index (χ2n) is 5.84. The van der Waals surface area contributed by atoms with E-state index in [1.807, 2.05) is 23.1 Å². The summed E-state index contributed by atoms with van der Waals surface area (Å²) in [6, 6.07) is 3.82. The Labute approximate surface area is 136 Å². The van der Waals surface area contributed by atoms with Gasteiger partial charge >= 0.3 is 0 Å². The lowest BCUT2D eigenvalue weighted by atomic mass is 10.1. The summed E-state index contributed by atoms with van der Waals surface area (Å²) in [5.41, 5.74) is 1.06. The van der Waals surface area contributed by atoms with Crippen molar-refractivity contribution >= 4 is 5.91 Å². The Morgan fingerprint density at radius 2 is 1.96 bits per heavy atom. The van der Waals surface area contributed by atoms with Gasteiger partial charge in [0.25, 0.3) is 0 Å². The maximum Gasteiger partial charge on any atom is 0.246 e. The minimum absolute atomic E-state index is 0.127. The van der Waals surface area contributed by atoms with Crippen LogP contribution in [-0.4, -0.2) is 37.8 Å². The van der Waals surface area contributed by atoms with Crippen molar-refractivity contribution in [3.63, 3.8) is 0 Å². The lowest BCUT2D eigenvalue weighted by Crippen LogP contribution is -2.34. The molecule has 0 saturated carbocycles. The second kappa shape index (κ2) is 7.40. The molecule has 0 aromatic heterocycles. The third kappa shape index (κ3) is 3.78. The molecule has 0 bridgehead atoms. The molecule has 0 radical (unpaired) electrons. The van der Waals surface area contributed by atoms with Crippen molar-refractivity contribution < 1.29 is 19.0 Å². The smallest absolute Gasteiger partial charge is 0.246 e. The van der Waals surface area contributed by atoms with E-state index in [1.165, 1.54) is 6.42 Å². The van der Waals surface area contributed by atoms with Gasteiger partial charge in [-0.2, -0.15) is 0 Å². The molecule has 23 heavy (non-hydrogen) atoms. The van der Waals surface area contributed by atoms with Crippen LogP contribution in [0.1, 0.15) is 31.2 Å². The van der Waals surface area contributed by atoms with Crippen molar-refractivity contribution in [2.75, 3.05) is 27.0 Å². The summed E-state index contributed by atoms with van der Waals surface area (Å²) in [4.78, 5) is 14.0. The van der Waals surface area contributed by atoms with Crippen LogP contribution >= 0.6 is 0 Å². The van der Waals surface area contributed by atoms with Crippen molar-refractivity contribution in [2.24, 2.45) is 0 Å². The Kier molecular flexibility index (Phi) is 5.05. The normalized spacial score (nSPS) is 16.8. The zero-order chi connectivity index (χ0) is 16.1. The molecule has 5 nitrogen and oxygen atoms in total. The number of fused-ring (bicyclic) bond motifs is 1. The van der Waals surface area contributed by atoms with Crippen LogP contribution in [0.15, 0.2) is 24.3 Å². The number of carbonyl (C=O) groups excluding carboxylic acids is 1. The van der Waals surface area contributed by atoms with Crippen molar-refractivity contribution in [2.45, 2.75) is 32.1 Å². The number of piperidine rings is 1. The maximum absolute atomic E-state index is 12.1. The van der Waals surface area contributed by atoms with E-state index in [2.05, 4.69) is 0 Å². The highest BCUT2D eigenvalue weighted by molar-refractivity contribution is 5.87. The summed E-state index contributed by atoms with van der Waals surface area (Å²) in [6.07, 6.45) is 8.70. The molecule has 1 aromatic carbocycles. The fourth-order valence-electron chi connectivity index (χ4n) is 2.99. The summed E-state index contributed by atoms with van der Waals surface area (Å²) in [5.74, 6) is 2.41. The van der Waals surface area contributed by atoms with Gasteiger partial charge in [-0.15, -0.1) is 0 Å². The fraction of sp³-hybridized carbons (Fsp3) is 0.500. The zero-order valence-electron chi connectivity index (χ0n) is 13.5. The molecule has 2 heterocycles. The van der Waals surface area contributed by atoms with Gasteiger partial charge < -0.3 is 19.1 Å². The number of carbonyl (C=O) groups is 1. The van der Waals surface area contributed by atoms with Crippen LogP contribution in [-0.2, 0) is 11.2 Å². The summed E-state index contributed by atoms with van der Waals surface area (Å²) < 4.78 is 16.2. The number of allylic oxidation sites excluding steroid dienone is 1. The third-order valence-corrected chi connectivity index (χ3v) is 4.28. The molecule has 2 aliphatic heterocycles. The summed E-state index contributed by atoms with van der Waals surface area (Å²) in [6.45, 7) is 2.03. The average molecular weight is 317 g/mol. The molecule has 0 spiro atoms. The summed E-state index contributed by atoms with van der Waals surface area (Å²) in [7, 11) is 1.65. The topological polar surface area (TPSA) is 48.0 Å². The average Bonchev–Trinajstić information content (AvgIpc) is 3.05. The summed E-state index contributed by atoms with van der Waals surface area (Å²) in [5, 5.41) is 0. The van der Waals surface area contributed by atoms with Gasteiger partial charge in [0.05, 0.1) is 7.11 Å². The Morgan fingerprint density at radius 1 is 1.22 bits per heavy atom. The van der Waals surface area contributed by atoms with E-state index in [0.29, 0.717) is 0 Å². The number of rotatable bonds is 5. The summed E-state index contributed by atoms with van der Waals surface area (Å²) >= 11 is 0. The molecule has 1 fully saturated rings. The lowest BCUT2D eigenvalue weighted by Gasteiger charge is -2.25. The van der Waals surface area contributed by atoms with Crippen LogP contribution in [0.2, 0.25) is 0 Å². The largest absolute Gasteiger partial charge is 0.496 e. The molecule has 1 saturated heterocycles. The zero-order valence-corrected chi connectivity index (χ0v) is 13.5. The molecule has 2 aliphatic rings. The van der Waals surface area contributed by atoms with Gasteiger partial charge in [0, 0.05) is 19.2 Å². The first-order valence-corrected chi connectivity index (χ1v) is 8.20. The molecule has 1 aromatic rings. The van der Waals surface area contributed by atoms with Gasteiger partial charge in [-0.05, 0) is 49.8 Å². The fourth-order valence-corrected chi connectivity index (χ4v) is 2.99. The minimum atomic E-state index is 0.127. The van der Waals surface area contributed by atoms with E-state index >= 15 is 0 Å². The molecule has 3 rings (SSSR count). The molecular formula is C18H23NO4. The van der Waals surface area contributed by atoms with Crippen molar-refractivity contribution in [1.29, 1.82) is 0 Å². The SMILES string of the molecule is COc1cc2c(cc1CC/C=C/C(=O)N1CCCCC1)OCO2. The number of hydrogen-bond donors (Lipinski definition) is 0. The highest BCUT2D eigenvalue weighted by Gasteiger charge is 2.17. The quantitative estimate of drug-likeness (QED) is 0.784. The van der Waals surface area contributed by atoms with Crippen LogP contribution < -0.4 is 14.2 Å². The van der Waals surface area contributed by atoms with Gasteiger partial charge in [0.15, 0.2) is 11.5 Å². The van der Waals surface area contributed by atoms with Gasteiger partial charge in [0.1, 0.15) is 5.75 Å². The van der Waals surface area contributed by atoms with Crippen LogP contribution in [0.5, 0.6) is 17.2 Å². The molecule has 0 atom stereocenters. The number of hydrogen-bond acceptors (Lipinski definition) is 4. The number of amides is 1. The van der Waals surface area contributed by atoms with Crippen LogP contribution in [0.25, 0.3) is 0 Å². The van der Waals surface area contributed by atoms with E-state index in [-0.39, 0.29) is 12.7 Å². The lowest BCUT2D eigenvalue weighted by molar-refractivity contribution is -0.126. The van der Waals surface area contributed by atoms with Crippen molar-refractivity contribution in [3.05, 3.63) is 29.8 Å². The third-order valence-electron chi connectivity index (χ3n) is 4.28. The first-order valence-electron chi connectivity index (χ1n) is 8.20. The number of benzene rings is 1. The van der Waals surface area contributed by atoms with E-state index in [4.69, 9.17) is 14.2 Å². The van der Waals surface area contributed by atoms with Gasteiger partial charge in [-0.3, -0.25) is 4.79 Å². The Bertz CT molecular complexity index is 591. The molecule has 124 valence electrons. The Hall–Kier alpha value is -2.17. The predicted octanol–water partition coefficient (Wildman–Crippen LogP) is 2.93. The molecule has 0 unspecified atom stereocenters. The highest BCUT2D eigenvalue weighted by Crippen LogP contribution is 2.38.